The summed E-state index contributed by atoms with van der Waals surface area (Å²) in [7, 11) is 0. The summed E-state index contributed by atoms with van der Waals surface area (Å²) in [5.74, 6) is 0.785. The first kappa shape index (κ1) is 13.2. The second-order valence-corrected chi connectivity index (χ2v) is 5.60. The van der Waals surface area contributed by atoms with Crippen molar-refractivity contribution in [1.29, 1.82) is 0 Å². The molecule has 90 valence electrons. The predicted molar refractivity (Wildman–Crippen MR) is 71.4 cm³/mol. The topological polar surface area (TPSA) is 26.0 Å². The normalized spacial score (nSPS) is 15.1. The lowest BCUT2D eigenvalue weighted by molar-refractivity contribution is 0.392. The van der Waals surface area contributed by atoms with E-state index >= 15 is 0 Å². The molecule has 16 heavy (non-hydrogen) atoms. The molecule has 0 saturated carbocycles. The maximum absolute atomic E-state index is 6.33. The van der Waals surface area contributed by atoms with Gasteiger partial charge in [0, 0.05) is 5.54 Å². The average molecular weight is 219 g/mol. The fourth-order valence-electron chi connectivity index (χ4n) is 2.06. The highest BCUT2D eigenvalue weighted by molar-refractivity contribution is 5.17. The molecule has 0 aliphatic rings. The van der Waals surface area contributed by atoms with Gasteiger partial charge in [-0.1, -0.05) is 57.0 Å². The Labute approximate surface area is 100 Å². The number of hydrogen-bond acceptors (Lipinski definition) is 1. The second-order valence-electron chi connectivity index (χ2n) is 5.60. The molecule has 0 fully saturated rings. The molecule has 1 heteroatoms. The first-order chi connectivity index (χ1) is 7.49. The van der Waals surface area contributed by atoms with Gasteiger partial charge in [-0.15, -0.1) is 0 Å². The van der Waals surface area contributed by atoms with E-state index in [4.69, 9.17) is 5.73 Å². The van der Waals surface area contributed by atoms with Gasteiger partial charge in [0.2, 0.25) is 0 Å². The van der Waals surface area contributed by atoms with E-state index < -0.39 is 0 Å². The van der Waals surface area contributed by atoms with Crippen molar-refractivity contribution in [2.75, 3.05) is 0 Å². The molecule has 1 rings (SSSR count). The molecular weight excluding hydrogens is 194 g/mol. The van der Waals surface area contributed by atoms with Crippen LogP contribution in [0.2, 0.25) is 0 Å². The van der Waals surface area contributed by atoms with Gasteiger partial charge in [0.25, 0.3) is 0 Å². The molecular formula is C15H25N. The second kappa shape index (κ2) is 6.05. The number of nitrogens with two attached hydrogens (primary N) is 1. The molecule has 1 atom stereocenters. The molecule has 1 unspecified atom stereocenters. The molecule has 0 bridgehead atoms. The van der Waals surface area contributed by atoms with Gasteiger partial charge in [-0.3, -0.25) is 0 Å². The molecule has 1 nitrogen and oxygen atoms in total. The summed E-state index contributed by atoms with van der Waals surface area (Å²) in [6.07, 6.45) is 4.60. The first-order valence-corrected chi connectivity index (χ1v) is 6.32. The van der Waals surface area contributed by atoms with Crippen LogP contribution in [0, 0.1) is 5.92 Å². The molecule has 0 aliphatic heterocycles. The Morgan fingerprint density at radius 2 is 1.81 bits per heavy atom. The van der Waals surface area contributed by atoms with E-state index in [0.29, 0.717) is 0 Å². The molecule has 0 radical (unpaired) electrons. The van der Waals surface area contributed by atoms with Crippen LogP contribution in [-0.4, -0.2) is 5.54 Å². The smallest absolute Gasteiger partial charge is 0.0166 e. The van der Waals surface area contributed by atoms with Crippen LogP contribution < -0.4 is 5.73 Å². The largest absolute Gasteiger partial charge is 0.325 e. The van der Waals surface area contributed by atoms with Crippen molar-refractivity contribution < 1.29 is 0 Å². The van der Waals surface area contributed by atoms with E-state index in [0.717, 1.165) is 18.8 Å². The van der Waals surface area contributed by atoms with Crippen molar-refractivity contribution in [3.8, 4) is 0 Å². The molecule has 0 heterocycles. The van der Waals surface area contributed by atoms with Crippen LogP contribution in [0.5, 0.6) is 0 Å². The van der Waals surface area contributed by atoms with Crippen LogP contribution >= 0.6 is 0 Å². The van der Waals surface area contributed by atoms with Gasteiger partial charge in [-0.2, -0.15) is 0 Å². The molecule has 0 aromatic heterocycles. The fraction of sp³-hybridized carbons (Fsp3) is 0.600. The first-order valence-electron chi connectivity index (χ1n) is 6.32. The Balaban J connectivity index is 2.39. The zero-order valence-electron chi connectivity index (χ0n) is 10.9. The Morgan fingerprint density at radius 1 is 1.19 bits per heavy atom. The molecule has 0 aliphatic carbocycles. The molecule has 1 aromatic carbocycles. The van der Waals surface area contributed by atoms with Gasteiger partial charge in [0.15, 0.2) is 0 Å². The summed E-state index contributed by atoms with van der Waals surface area (Å²) in [5, 5.41) is 0. The standard InChI is InChI=1S/C15H25N/c1-13(2)8-7-11-15(3,16)12-14-9-5-4-6-10-14/h4-6,9-10,13H,7-8,11-12,16H2,1-3H3. The lowest BCUT2D eigenvalue weighted by atomic mass is 9.88. The Morgan fingerprint density at radius 3 is 2.38 bits per heavy atom. The van der Waals surface area contributed by atoms with E-state index in [2.05, 4.69) is 51.1 Å². The Hall–Kier alpha value is -0.820. The van der Waals surface area contributed by atoms with Crippen molar-refractivity contribution in [3.05, 3.63) is 35.9 Å². The minimum absolute atomic E-state index is 0.0593. The van der Waals surface area contributed by atoms with Crippen molar-refractivity contribution >= 4 is 0 Å². The molecule has 0 spiro atoms. The zero-order valence-corrected chi connectivity index (χ0v) is 10.9. The summed E-state index contributed by atoms with van der Waals surface area (Å²) >= 11 is 0. The van der Waals surface area contributed by atoms with Gasteiger partial charge >= 0.3 is 0 Å². The van der Waals surface area contributed by atoms with Crippen LogP contribution in [-0.2, 0) is 6.42 Å². The lowest BCUT2D eigenvalue weighted by Crippen LogP contribution is -2.38. The Bertz CT molecular complexity index is 288. The van der Waals surface area contributed by atoms with E-state index in [9.17, 15) is 0 Å². The van der Waals surface area contributed by atoms with Crippen molar-refractivity contribution in [2.45, 2.75) is 52.0 Å². The van der Waals surface area contributed by atoms with Crippen molar-refractivity contribution in [3.63, 3.8) is 0 Å². The van der Waals surface area contributed by atoms with Crippen LogP contribution in [0.25, 0.3) is 0 Å². The summed E-state index contributed by atoms with van der Waals surface area (Å²) in [5.41, 5.74) is 7.62. The number of hydrogen-bond donors (Lipinski definition) is 1. The van der Waals surface area contributed by atoms with Gasteiger partial charge < -0.3 is 5.73 Å². The third-order valence-corrected chi connectivity index (χ3v) is 2.98. The SMILES string of the molecule is CC(C)CCCC(C)(N)Cc1ccccc1. The summed E-state index contributed by atoms with van der Waals surface area (Å²) in [4.78, 5) is 0. The van der Waals surface area contributed by atoms with Gasteiger partial charge in [-0.25, -0.2) is 0 Å². The highest BCUT2D eigenvalue weighted by Gasteiger charge is 2.18. The summed E-state index contributed by atoms with van der Waals surface area (Å²) < 4.78 is 0. The molecule has 1 aromatic rings. The lowest BCUT2D eigenvalue weighted by Gasteiger charge is -2.25. The van der Waals surface area contributed by atoms with Crippen LogP contribution in [0.15, 0.2) is 30.3 Å². The van der Waals surface area contributed by atoms with Crippen LogP contribution in [0.3, 0.4) is 0 Å². The third-order valence-electron chi connectivity index (χ3n) is 2.98. The molecule has 0 amide bonds. The fourth-order valence-corrected chi connectivity index (χ4v) is 2.06. The van der Waals surface area contributed by atoms with E-state index in [-0.39, 0.29) is 5.54 Å². The number of rotatable bonds is 6. The monoisotopic (exact) mass is 219 g/mol. The van der Waals surface area contributed by atoms with Crippen LogP contribution in [0.4, 0.5) is 0 Å². The summed E-state index contributed by atoms with van der Waals surface area (Å²) in [6, 6.07) is 10.5. The highest BCUT2D eigenvalue weighted by atomic mass is 14.7. The summed E-state index contributed by atoms with van der Waals surface area (Å²) in [6.45, 7) is 6.70. The average Bonchev–Trinajstić information content (AvgIpc) is 2.17. The van der Waals surface area contributed by atoms with Gasteiger partial charge in [0.1, 0.15) is 0 Å². The van der Waals surface area contributed by atoms with Crippen molar-refractivity contribution in [1.82, 2.24) is 0 Å². The minimum atomic E-state index is -0.0593. The molecule has 2 N–H and O–H groups in total. The molecule has 0 saturated heterocycles. The van der Waals surface area contributed by atoms with Crippen molar-refractivity contribution in [2.24, 2.45) is 11.7 Å². The Kier molecular flexibility index (Phi) is 5.01. The van der Waals surface area contributed by atoms with E-state index in [1.165, 1.54) is 18.4 Å². The van der Waals surface area contributed by atoms with E-state index in [1.54, 1.807) is 0 Å². The van der Waals surface area contributed by atoms with Gasteiger partial charge in [0.05, 0.1) is 0 Å². The van der Waals surface area contributed by atoms with E-state index in [1.807, 2.05) is 0 Å². The van der Waals surface area contributed by atoms with Gasteiger partial charge in [-0.05, 0) is 31.2 Å². The maximum atomic E-state index is 6.33. The van der Waals surface area contributed by atoms with Crippen LogP contribution in [0.1, 0.15) is 45.6 Å². The predicted octanol–water partition coefficient (Wildman–Crippen LogP) is 3.77. The highest BCUT2D eigenvalue weighted by Crippen LogP contribution is 2.18. The minimum Gasteiger partial charge on any atom is -0.325 e. The third kappa shape index (κ3) is 5.32. The number of benzene rings is 1. The maximum Gasteiger partial charge on any atom is 0.0166 e. The quantitative estimate of drug-likeness (QED) is 0.774. The zero-order chi connectivity index (χ0) is 12.0.